The Morgan fingerprint density at radius 2 is 0.976 bits per heavy atom. The van der Waals surface area contributed by atoms with Crippen LogP contribution < -0.4 is 0 Å². The third-order valence-electron chi connectivity index (χ3n) is 9.80. The first-order chi connectivity index (χ1) is 20.1. The zero-order valence-corrected chi connectivity index (χ0v) is 29.6. The van der Waals surface area contributed by atoms with Gasteiger partial charge in [-0.15, -0.1) is 22.7 Å². The molecule has 0 saturated carbocycles. The average Bonchev–Trinajstić information content (AvgIpc) is 3.60. The Kier molecular flexibility index (Phi) is 15.0. The van der Waals surface area contributed by atoms with Gasteiger partial charge in [-0.05, 0) is 59.4 Å². The maximum atomic E-state index is 12.9. The molecule has 2 aromatic heterocycles. The minimum absolute atomic E-state index is 0.0366. The topological polar surface area (TPSA) is 34.1 Å². The van der Waals surface area contributed by atoms with Gasteiger partial charge in [0.1, 0.15) is 0 Å². The molecule has 0 aliphatic heterocycles. The Bertz CT molecular complexity index is 1040. The van der Waals surface area contributed by atoms with E-state index in [1.165, 1.54) is 106 Å². The van der Waals surface area contributed by atoms with Crippen LogP contribution in [0.1, 0.15) is 186 Å². The van der Waals surface area contributed by atoms with E-state index in [-0.39, 0.29) is 11.6 Å². The van der Waals surface area contributed by atoms with Crippen molar-refractivity contribution in [2.24, 2.45) is 29.6 Å². The second-order valence-corrected chi connectivity index (χ2v) is 16.6. The SMILES string of the molecule is CC(C)CCCC(C)CCCC(C)CCCC(C)CCCC(C)CCCC(C)c1cc2c(s1)C(=O)c1ccsc1C2=O. The van der Waals surface area contributed by atoms with Gasteiger partial charge in [-0.25, -0.2) is 0 Å². The molecule has 0 aromatic carbocycles. The summed E-state index contributed by atoms with van der Waals surface area (Å²) in [5, 5.41) is 1.85. The number of carbonyl (C=O) groups is 2. The quantitative estimate of drug-likeness (QED) is 0.120. The van der Waals surface area contributed by atoms with Crippen molar-refractivity contribution in [3.8, 4) is 0 Å². The van der Waals surface area contributed by atoms with Crippen LogP contribution >= 0.6 is 22.7 Å². The summed E-state index contributed by atoms with van der Waals surface area (Å²) in [6.45, 7) is 16.7. The molecule has 42 heavy (non-hydrogen) atoms. The lowest BCUT2D eigenvalue weighted by molar-refractivity contribution is 0.0986. The fourth-order valence-corrected chi connectivity index (χ4v) is 8.75. The van der Waals surface area contributed by atoms with Gasteiger partial charge in [-0.2, -0.15) is 0 Å². The lowest BCUT2D eigenvalue weighted by atomic mass is 9.89. The van der Waals surface area contributed by atoms with Gasteiger partial charge in [0.15, 0.2) is 0 Å². The number of ketones is 2. The van der Waals surface area contributed by atoms with Crippen LogP contribution in [0.3, 0.4) is 0 Å². The maximum absolute atomic E-state index is 12.9. The number of thiophene rings is 2. The van der Waals surface area contributed by atoms with E-state index in [9.17, 15) is 9.59 Å². The van der Waals surface area contributed by atoms with E-state index < -0.39 is 0 Å². The lowest BCUT2D eigenvalue weighted by Gasteiger charge is -2.17. The predicted molar refractivity (Wildman–Crippen MR) is 185 cm³/mol. The van der Waals surface area contributed by atoms with E-state index in [1.807, 2.05) is 11.4 Å². The van der Waals surface area contributed by atoms with Crippen molar-refractivity contribution >= 4 is 34.2 Å². The second-order valence-electron chi connectivity index (χ2n) is 14.6. The summed E-state index contributed by atoms with van der Waals surface area (Å²) in [6, 6.07) is 3.81. The molecule has 1 aliphatic rings. The normalized spacial score (nSPS) is 16.8. The maximum Gasteiger partial charge on any atom is 0.205 e. The van der Waals surface area contributed by atoms with Crippen LogP contribution in [0, 0.1) is 29.6 Å². The monoisotopic (exact) mass is 612 g/mol. The van der Waals surface area contributed by atoms with Crippen LogP contribution in [0.4, 0.5) is 0 Å². The van der Waals surface area contributed by atoms with Gasteiger partial charge in [-0.3, -0.25) is 9.59 Å². The highest BCUT2D eigenvalue weighted by atomic mass is 32.1. The molecule has 2 aromatic rings. The molecule has 0 amide bonds. The molecular weight excluding hydrogens is 553 g/mol. The minimum Gasteiger partial charge on any atom is -0.288 e. The van der Waals surface area contributed by atoms with Crippen LogP contribution in [-0.4, -0.2) is 11.6 Å². The van der Waals surface area contributed by atoms with Crippen molar-refractivity contribution in [1.29, 1.82) is 0 Å². The summed E-state index contributed by atoms with van der Waals surface area (Å²) in [7, 11) is 0. The third kappa shape index (κ3) is 11.0. The van der Waals surface area contributed by atoms with Crippen molar-refractivity contribution in [3.63, 3.8) is 0 Å². The van der Waals surface area contributed by atoms with Gasteiger partial charge < -0.3 is 0 Å². The van der Waals surface area contributed by atoms with Crippen molar-refractivity contribution in [2.45, 2.75) is 151 Å². The van der Waals surface area contributed by atoms with Gasteiger partial charge in [0.25, 0.3) is 0 Å². The Hall–Kier alpha value is -1.26. The molecule has 2 heterocycles. The molecular formula is C38H60O2S2. The highest BCUT2D eigenvalue weighted by Crippen LogP contribution is 2.39. The van der Waals surface area contributed by atoms with Crippen molar-refractivity contribution < 1.29 is 9.59 Å². The summed E-state index contributed by atoms with van der Waals surface area (Å²) in [4.78, 5) is 28.2. The van der Waals surface area contributed by atoms with Crippen molar-refractivity contribution in [3.05, 3.63) is 43.3 Å². The predicted octanol–water partition coefficient (Wildman–Crippen LogP) is 12.7. The first-order valence-electron chi connectivity index (χ1n) is 17.4. The third-order valence-corrected chi connectivity index (χ3v) is 12.1. The largest absolute Gasteiger partial charge is 0.288 e. The molecule has 0 bridgehead atoms. The molecule has 1 aliphatic carbocycles. The van der Waals surface area contributed by atoms with E-state index in [0.29, 0.717) is 26.8 Å². The molecule has 4 heteroatoms. The number of carbonyl (C=O) groups excluding carboxylic acids is 2. The van der Waals surface area contributed by atoms with Crippen molar-refractivity contribution in [1.82, 2.24) is 0 Å². The highest BCUT2D eigenvalue weighted by molar-refractivity contribution is 7.16. The van der Waals surface area contributed by atoms with Crippen LogP contribution in [0.15, 0.2) is 17.5 Å². The summed E-state index contributed by atoms with van der Waals surface area (Å²) in [5.41, 5.74) is 1.23. The summed E-state index contributed by atoms with van der Waals surface area (Å²) in [6.07, 6.45) is 20.3. The molecule has 236 valence electrons. The second kappa shape index (κ2) is 17.9. The van der Waals surface area contributed by atoms with Crippen LogP contribution in [0.25, 0.3) is 0 Å². The number of rotatable bonds is 21. The smallest absolute Gasteiger partial charge is 0.205 e. The van der Waals surface area contributed by atoms with E-state index in [4.69, 9.17) is 0 Å². The first kappa shape index (κ1) is 35.2. The van der Waals surface area contributed by atoms with Crippen LogP contribution in [0.5, 0.6) is 0 Å². The summed E-state index contributed by atoms with van der Waals surface area (Å²) in [5.74, 6) is 4.74. The minimum atomic E-state index is 0.0366. The molecule has 2 nitrogen and oxygen atoms in total. The highest BCUT2D eigenvalue weighted by Gasteiger charge is 2.33. The van der Waals surface area contributed by atoms with E-state index >= 15 is 0 Å². The van der Waals surface area contributed by atoms with Gasteiger partial charge >= 0.3 is 0 Å². The molecule has 5 atom stereocenters. The van der Waals surface area contributed by atoms with E-state index in [2.05, 4.69) is 48.5 Å². The standard InChI is InChI=1S/C38H60O2S2/c1-26(2)13-8-14-27(3)15-9-16-28(4)17-10-18-29(5)19-11-20-30(6)21-12-22-31(7)34-25-33-36(40)37-32(23-24-41-37)35(39)38(33)42-34/h23-31H,8-22H2,1-7H3. The lowest BCUT2D eigenvalue weighted by Crippen LogP contribution is -2.15. The fourth-order valence-electron chi connectivity index (χ4n) is 6.71. The van der Waals surface area contributed by atoms with Gasteiger partial charge in [0, 0.05) is 16.0 Å². The fraction of sp³-hybridized carbons (Fsp3) is 0.737. The Morgan fingerprint density at radius 1 is 0.548 bits per heavy atom. The molecule has 0 spiro atoms. The van der Waals surface area contributed by atoms with Gasteiger partial charge in [-0.1, -0.05) is 138 Å². The zero-order valence-electron chi connectivity index (χ0n) is 27.9. The average molecular weight is 613 g/mol. The number of fused-ring (bicyclic) bond motifs is 2. The van der Waals surface area contributed by atoms with E-state index in [0.717, 1.165) is 36.0 Å². The van der Waals surface area contributed by atoms with Gasteiger partial charge in [0.05, 0.1) is 9.75 Å². The zero-order chi connectivity index (χ0) is 30.6. The van der Waals surface area contributed by atoms with Crippen LogP contribution in [-0.2, 0) is 0 Å². The molecule has 5 unspecified atom stereocenters. The molecule has 3 rings (SSSR count). The molecule has 0 N–H and O–H groups in total. The first-order valence-corrected chi connectivity index (χ1v) is 19.1. The Balaban J connectivity index is 1.22. The summed E-state index contributed by atoms with van der Waals surface area (Å²) < 4.78 is 0. The van der Waals surface area contributed by atoms with Gasteiger partial charge in [0.2, 0.25) is 11.6 Å². The number of hydrogen-bond acceptors (Lipinski definition) is 4. The molecule has 0 fully saturated rings. The van der Waals surface area contributed by atoms with Crippen LogP contribution in [0.2, 0.25) is 0 Å². The van der Waals surface area contributed by atoms with Crippen molar-refractivity contribution in [2.75, 3.05) is 0 Å². The Labute approximate surface area is 266 Å². The van der Waals surface area contributed by atoms with E-state index in [1.54, 1.807) is 17.4 Å². The molecule has 0 saturated heterocycles. The summed E-state index contributed by atoms with van der Waals surface area (Å²) >= 11 is 2.94. The number of hydrogen-bond donors (Lipinski definition) is 0. The Morgan fingerprint density at radius 3 is 1.45 bits per heavy atom. The molecule has 0 radical (unpaired) electrons.